The molecule has 0 aliphatic rings. The van der Waals surface area contributed by atoms with Crippen LogP contribution < -0.4 is 5.32 Å². The molecule has 1 N–H and O–H groups in total. The van der Waals surface area contributed by atoms with Crippen molar-refractivity contribution in [3.8, 4) is 0 Å². The molecule has 1 aromatic carbocycles. The van der Waals surface area contributed by atoms with Crippen LogP contribution in [0.5, 0.6) is 0 Å². The average molecular weight is 280 g/mol. The second-order valence-electron chi connectivity index (χ2n) is 3.54. The maximum atomic E-state index is 13.5. The summed E-state index contributed by atoms with van der Waals surface area (Å²) in [6, 6.07) is 5.00. The van der Waals surface area contributed by atoms with Gasteiger partial charge in [0, 0.05) is 24.6 Å². The molecule has 5 heteroatoms. The molecule has 0 amide bonds. The van der Waals surface area contributed by atoms with Crippen molar-refractivity contribution in [1.82, 2.24) is 5.32 Å². The maximum Gasteiger partial charge on any atom is 0.146 e. The van der Waals surface area contributed by atoms with Gasteiger partial charge in [-0.1, -0.05) is 23.7 Å². The molecule has 0 atom stereocenters. The highest BCUT2D eigenvalue weighted by atomic mass is 35.5. The highest BCUT2D eigenvalue weighted by Crippen LogP contribution is 2.17. The van der Waals surface area contributed by atoms with Crippen LogP contribution in [0.25, 0.3) is 0 Å². The van der Waals surface area contributed by atoms with Crippen molar-refractivity contribution in [3.05, 3.63) is 34.6 Å². The average Bonchev–Trinajstić information content (AvgIpc) is 2.33. The molecule has 0 fully saturated rings. The van der Waals surface area contributed by atoms with Gasteiger partial charge in [-0.25, -0.2) is 4.39 Å². The van der Waals surface area contributed by atoms with E-state index in [0.717, 1.165) is 13.0 Å². The Morgan fingerprint density at radius 3 is 2.88 bits per heavy atom. The van der Waals surface area contributed by atoms with Gasteiger partial charge in [0.05, 0.1) is 11.6 Å². The van der Waals surface area contributed by atoms with Gasteiger partial charge in [0.25, 0.3) is 0 Å². The fourth-order valence-electron chi connectivity index (χ4n) is 1.36. The second-order valence-corrected chi connectivity index (χ2v) is 4.33. The zero-order valence-corrected chi connectivity index (χ0v) is 11.0. The predicted molar refractivity (Wildman–Crippen MR) is 69.3 cm³/mol. The molecule has 2 nitrogen and oxygen atoms in total. The summed E-state index contributed by atoms with van der Waals surface area (Å²) in [6.07, 6.45) is 0.874. The molecule has 0 radical (unpaired) electrons. The van der Waals surface area contributed by atoms with Crippen LogP contribution in [0.2, 0.25) is 5.02 Å². The first-order valence-corrected chi connectivity index (χ1v) is 6.44. The quantitative estimate of drug-likeness (QED) is 0.583. The van der Waals surface area contributed by atoms with Crippen LogP contribution in [0.1, 0.15) is 12.0 Å². The largest absolute Gasteiger partial charge is 0.380 e. The van der Waals surface area contributed by atoms with Gasteiger partial charge < -0.3 is 10.1 Å². The minimum Gasteiger partial charge on any atom is -0.380 e. The molecule has 0 saturated carbocycles. The van der Waals surface area contributed by atoms with Crippen molar-refractivity contribution in [3.63, 3.8) is 0 Å². The van der Waals surface area contributed by atoms with E-state index in [-0.39, 0.29) is 10.8 Å². The third-order valence-corrected chi connectivity index (χ3v) is 2.66. The van der Waals surface area contributed by atoms with E-state index in [1.807, 2.05) is 0 Å². The van der Waals surface area contributed by atoms with E-state index in [9.17, 15) is 4.39 Å². The summed E-state index contributed by atoms with van der Waals surface area (Å²) in [7, 11) is 0. The molecule has 1 aromatic rings. The van der Waals surface area contributed by atoms with Crippen molar-refractivity contribution >= 4 is 23.2 Å². The summed E-state index contributed by atoms with van der Waals surface area (Å²) in [6.45, 7) is 2.48. The number of alkyl halides is 1. The Labute approximate surface area is 111 Å². The van der Waals surface area contributed by atoms with Gasteiger partial charge in [0.1, 0.15) is 5.82 Å². The molecule has 0 heterocycles. The third kappa shape index (κ3) is 5.68. The fraction of sp³-hybridized carbons (Fsp3) is 0.500. The van der Waals surface area contributed by atoms with Crippen LogP contribution in [-0.2, 0) is 11.3 Å². The number of halogens is 3. The zero-order valence-electron chi connectivity index (χ0n) is 9.52. The van der Waals surface area contributed by atoms with Crippen molar-refractivity contribution < 1.29 is 9.13 Å². The SMILES string of the molecule is Fc1c(Cl)cccc1CNCCCOCCCl. The van der Waals surface area contributed by atoms with E-state index in [1.165, 1.54) is 0 Å². The van der Waals surface area contributed by atoms with Crippen molar-refractivity contribution in [2.45, 2.75) is 13.0 Å². The van der Waals surface area contributed by atoms with Gasteiger partial charge in [-0.2, -0.15) is 0 Å². The molecule has 0 saturated heterocycles. The summed E-state index contributed by atoms with van der Waals surface area (Å²) >= 11 is 11.1. The lowest BCUT2D eigenvalue weighted by Crippen LogP contribution is -2.17. The van der Waals surface area contributed by atoms with Crippen molar-refractivity contribution in [2.75, 3.05) is 25.6 Å². The van der Waals surface area contributed by atoms with Crippen molar-refractivity contribution in [1.29, 1.82) is 0 Å². The lowest BCUT2D eigenvalue weighted by Gasteiger charge is -2.07. The second kappa shape index (κ2) is 8.70. The van der Waals surface area contributed by atoms with Gasteiger partial charge >= 0.3 is 0 Å². The minimum absolute atomic E-state index is 0.162. The smallest absolute Gasteiger partial charge is 0.146 e. The summed E-state index contributed by atoms with van der Waals surface area (Å²) in [5, 5.41) is 3.30. The molecule has 0 aliphatic heterocycles. The van der Waals surface area contributed by atoms with Crippen LogP contribution in [0.15, 0.2) is 18.2 Å². The Hall–Kier alpha value is -0.350. The van der Waals surface area contributed by atoms with Gasteiger partial charge in [0.2, 0.25) is 0 Å². The highest BCUT2D eigenvalue weighted by molar-refractivity contribution is 6.30. The number of benzene rings is 1. The molecule has 17 heavy (non-hydrogen) atoms. The summed E-state index contributed by atoms with van der Waals surface area (Å²) < 4.78 is 18.7. The highest BCUT2D eigenvalue weighted by Gasteiger charge is 2.04. The number of hydrogen-bond acceptors (Lipinski definition) is 2. The molecular weight excluding hydrogens is 264 g/mol. The summed E-state index contributed by atoms with van der Waals surface area (Å²) in [5.74, 6) is 0.168. The first-order valence-electron chi connectivity index (χ1n) is 5.53. The molecule has 96 valence electrons. The molecule has 0 spiro atoms. The predicted octanol–water partition coefficient (Wildman–Crippen LogP) is 3.21. The minimum atomic E-state index is -0.347. The Balaban J connectivity index is 2.16. The van der Waals surface area contributed by atoms with E-state index < -0.39 is 0 Å². The number of ether oxygens (including phenoxy) is 1. The number of hydrogen-bond donors (Lipinski definition) is 1. The zero-order chi connectivity index (χ0) is 12.5. The van der Waals surface area contributed by atoms with E-state index >= 15 is 0 Å². The number of nitrogens with one attached hydrogen (secondary N) is 1. The topological polar surface area (TPSA) is 21.3 Å². The van der Waals surface area contributed by atoms with Gasteiger partial charge in [-0.3, -0.25) is 0 Å². The van der Waals surface area contributed by atoms with E-state index in [2.05, 4.69) is 5.32 Å². The Kier molecular flexibility index (Phi) is 7.53. The molecule has 0 aromatic heterocycles. The standard InChI is InChI=1S/C12H16Cl2FNO/c13-5-8-17-7-2-6-16-9-10-3-1-4-11(14)12(10)15/h1,3-4,16H,2,5-9H2. The summed E-state index contributed by atoms with van der Waals surface area (Å²) in [4.78, 5) is 0. The Bertz CT molecular complexity index is 336. The third-order valence-electron chi connectivity index (χ3n) is 2.21. The van der Waals surface area contributed by atoms with Crippen LogP contribution in [0.4, 0.5) is 4.39 Å². The first-order chi connectivity index (χ1) is 8.25. The molecule has 0 unspecified atom stereocenters. The van der Waals surface area contributed by atoms with Crippen LogP contribution in [0, 0.1) is 5.82 Å². The monoisotopic (exact) mass is 279 g/mol. The molecular formula is C12H16Cl2FNO. The Morgan fingerprint density at radius 1 is 1.29 bits per heavy atom. The molecule has 0 bridgehead atoms. The van der Waals surface area contributed by atoms with Gasteiger partial charge in [0.15, 0.2) is 0 Å². The van der Waals surface area contributed by atoms with Crippen LogP contribution >= 0.6 is 23.2 Å². The molecule has 1 rings (SSSR count). The van der Waals surface area contributed by atoms with E-state index in [1.54, 1.807) is 18.2 Å². The van der Waals surface area contributed by atoms with Gasteiger partial charge in [-0.05, 0) is 19.0 Å². The van der Waals surface area contributed by atoms with Crippen LogP contribution in [0.3, 0.4) is 0 Å². The lowest BCUT2D eigenvalue weighted by atomic mass is 10.2. The summed E-state index contributed by atoms with van der Waals surface area (Å²) in [5.41, 5.74) is 0.583. The van der Waals surface area contributed by atoms with E-state index in [0.29, 0.717) is 31.2 Å². The maximum absolute atomic E-state index is 13.5. The first kappa shape index (κ1) is 14.7. The normalized spacial score (nSPS) is 10.8. The van der Waals surface area contributed by atoms with E-state index in [4.69, 9.17) is 27.9 Å². The fourth-order valence-corrected chi connectivity index (χ4v) is 1.67. The van der Waals surface area contributed by atoms with Crippen LogP contribution in [-0.4, -0.2) is 25.6 Å². The molecule has 0 aliphatic carbocycles. The van der Waals surface area contributed by atoms with Gasteiger partial charge in [-0.15, -0.1) is 11.6 Å². The number of rotatable bonds is 8. The Morgan fingerprint density at radius 2 is 2.12 bits per heavy atom. The van der Waals surface area contributed by atoms with Crippen molar-refractivity contribution in [2.24, 2.45) is 0 Å². The lowest BCUT2D eigenvalue weighted by molar-refractivity contribution is 0.146.